The summed E-state index contributed by atoms with van der Waals surface area (Å²) in [4.78, 5) is 29.7. The Morgan fingerprint density at radius 2 is 1.68 bits per heavy atom. The van der Waals surface area contributed by atoms with Gasteiger partial charge in [-0.15, -0.1) is 0 Å². The Morgan fingerprint density at radius 3 is 2.34 bits per heavy atom. The van der Waals surface area contributed by atoms with Crippen LogP contribution in [0.2, 0.25) is 0 Å². The minimum atomic E-state index is -4.57. The number of halogens is 3. The molecule has 0 bridgehead atoms. The maximum Gasteiger partial charge on any atom is 0.418 e. The van der Waals surface area contributed by atoms with Gasteiger partial charge < -0.3 is 15.2 Å². The molecule has 0 saturated heterocycles. The zero-order valence-corrected chi connectivity index (χ0v) is 20.2. The van der Waals surface area contributed by atoms with E-state index in [1.54, 1.807) is 55.8 Å². The second-order valence-electron chi connectivity index (χ2n) is 8.39. The summed E-state index contributed by atoms with van der Waals surface area (Å²) in [5, 5.41) is 5.74. The van der Waals surface area contributed by atoms with Crippen LogP contribution in [-0.4, -0.2) is 35.0 Å². The highest BCUT2D eigenvalue weighted by Crippen LogP contribution is 2.35. The zero-order chi connectivity index (χ0) is 26.9. The highest BCUT2D eigenvalue weighted by atomic mass is 19.4. The molecule has 38 heavy (non-hydrogen) atoms. The van der Waals surface area contributed by atoms with Crippen molar-refractivity contribution in [2.24, 2.45) is 0 Å². The first-order chi connectivity index (χ1) is 18.2. The minimum Gasteiger partial charge on any atom is -0.324 e. The molecule has 2 N–H and O–H groups in total. The van der Waals surface area contributed by atoms with E-state index in [1.807, 2.05) is 11.5 Å². The fourth-order valence-corrected chi connectivity index (χ4v) is 3.82. The van der Waals surface area contributed by atoms with Crippen molar-refractivity contribution in [3.63, 3.8) is 0 Å². The summed E-state index contributed by atoms with van der Waals surface area (Å²) in [7, 11) is 0. The van der Waals surface area contributed by atoms with Crippen LogP contribution in [0.5, 0.6) is 0 Å². The summed E-state index contributed by atoms with van der Waals surface area (Å²) < 4.78 is 43.8. The van der Waals surface area contributed by atoms with E-state index < -0.39 is 17.6 Å². The van der Waals surface area contributed by atoms with Crippen LogP contribution in [0.1, 0.15) is 27.4 Å². The molecule has 1 amide bonds. The maximum atomic E-state index is 13.6. The molecule has 192 valence electrons. The summed E-state index contributed by atoms with van der Waals surface area (Å²) in [5.74, 6) is 1.32. The summed E-state index contributed by atoms with van der Waals surface area (Å²) in [5.41, 5.74) is 0.774. The third kappa shape index (κ3) is 5.24. The number of hydrogen-bond donors (Lipinski definition) is 2. The van der Waals surface area contributed by atoms with E-state index in [-0.39, 0.29) is 11.4 Å². The largest absolute Gasteiger partial charge is 0.418 e. The molecule has 5 rings (SSSR count). The summed E-state index contributed by atoms with van der Waals surface area (Å²) in [6.07, 6.45) is 3.31. The van der Waals surface area contributed by atoms with Gasteiger partial charge in [0.25, 0.3) is 5.91 Å². The number of nitrogens with one attached hydrogen (secondary N) is 2. The van der Waals surface area contributed by atoms with E-state index in [0.29, 0.717) is 28.7 Å². The van der Waals surface area contributed by atoms with Crippen LogP contribution in [0.25, 0.3) is 11.5 Å². The SMILES string of the molecule is Cc1cn(-c2cc(NC(=O)c3ccc(Nc4nccc(-n5ccnc5C)n4)cc3)ccc2C(F)(F)F)cn1. The molecule has 0 fully saturated rings. The van der Waals surface area contributed by atoms with Crippen molar-refractivity contribution in [3.8, 4) is 11.5 Å². The molecule has 0 saturated carbocycles. The van der Waals surface area contributed by atoms with Crippen LogP contribution >= 0.6 is 0 Å². The highest BCUT2D eigenvalue weighted by molar-refractivity contribution is 6.04. The zero-order valence-electron chi connectivity index (χ0n) is 20.2. The third-order valence-electron chi connectivity index (χ3n) is 5.67. The van der Waals surface area contributed by atoms with E-state index >= 15 is 0 Å². The molecule has 5 aromatic rings. The van der Waals surface area contributed by atoms with Crippen LogP contribution in [0.4, 0.5) is 30.5 Å². The summed E-state index contributed by atoms with van der Waals surface area (Å²) in [6, 6.07) is 11.7. The van der Waals surface area contributed by atoms with Gasteiger partial charge in [-0.3, -0.25) is 9.36 Å². The Labute approximate surface area is 215 Å². The first-order valence-corrected chi connectivity index (χ1v) is 11.4. The normalized spacial score (nSPS) is 11.4. The Kier molecular flexibility index (Phi) is 6.37. The number of amides is 1. The number of carbonyl (C=O) groups is 1. The number of hydrogen-bond acceptors (Lipinski definition) is 6. The fourth-order valence-electron chi connectivity index (χ4n) is 3.82. The van der Waals surface area contributed by atoms with Gasteiger partial charge in [0.1, 0.15) is 11.6 Å². The van der Waals surface area contributed by atoms with Gasteiger partial charge in [-0.1, -0.05) is 0 Å². The van der Waals surface area contributed by atoms with Gasteiger partial charge >= 0.3 is 6.18 Å². The van der Waals surface area contributed by atoms with Crippen molar-refractivity contribution >= 4 is 23.2 Å². The van der Waals surface area contributed by atoms with E-state index in [2.05, 4.69) is 30.6 Å². The molecule has 0 spiro atoms. The average molecular weight is 519 g/mol. The van der Waals surface area contributed by atoms with Crippen LogP contribution in [-0.2, 0) is 6.18 Å². The molecule has 0 atom stereocenters. The maximum absolute atomic E-state index is 13.6. The molecule has 3 aromatic heterocycles. The second-order valence-corrected chi connectivity index (χ2v) is 8.39. The van der Waals surface area contributed by atoms with Gasteiger partial charge in [-0.05, 0) is 62.4 Å². The minimum absolute atomic E-state index is 0.136. The van der Waals surface area contributed by atoms with Crippen molar-refractivity contribution in [1.29, 1.82) is 0 Å². The number of rotatable bonds is 6. The number of benzene rings is 2. The second kappa shape index (κ2) is 9.81. The molecule has 3 heterocycles. The lowest BCUT2D eigenvalue weighted by Gasteiger charge is -2.15. The highest BCUT2D eigenvalue weighted by Gasteiger charge is 2.34. The predicted octanol–water partition coefficient (Wildman–Crippen LogP) is 5.48. The van der Waals surface area contributed by atoms with Gasteiger partial charge in [0.15, 0.2) is 0 Å². The summed E-state index contributed by atoms with van der Waals surface area (Å²) in [6.45, 7) is 3.54. The molecular formula is C26H21F3N8O. The predicted molar refractivity (Wildman–Crippen MR) is 135 cm³/mol. The third-order valence-corrected chi connectivity index (χ3v) is 5.67. The number of nitrogens with zero attached hydrogens (tertiary/aromatic N) is 6. The van der Waals surface area contributed by atoms with Crippen molar-refractivity contribution in [3.05, 3.63) is 102 Å². The van der Waals surface area contributed by atoms with E-state index in [1.165, 1.54) is 29.2 Å². The van der Waals surface area contributed by atoms with Crippen LogP contribution in [0.3, 0.4) is 0 Å². The van der Waals surface area contributed by atoms with Gasteiger partial charge in [0, 0.05) is 41.7 Å². The van der Waals surface area contributed by atoms with E-state index in [0.717, 1.165) is 11.9 Å². The number of anilines is 3. The number of aryl methyl sites for hydroxylation is 2. The standard InChI is InChI=1S/C26H21F3N8O/c1-16-14-36(15-32-16)22-13-20(7-8-21(22)26(27,28)29)33-24(38)18-3-5-19(6-4-18)34-25-31-10-9-23(35-25)37-12-11-30-17(37)2/h3-15H,1-2H3,(H,33,38)(H,31,34,35). The van der Waals surface area contributed by atoms with Gasteiger partial charge in [-0.25, -0.2) is 15.0 Å². The van der Waals surface area contributed by atoms with Crippen molar-refractivity contribution in [2.45, 2.75) is 20.0 Å². The summed E-state index contributed by atoms with van der Waals surface area (Å²) >= 11 is 0. The van der Waals surface area contributed by atoms with Gasteiger partial charge in [-0.2, -0.15) is 18.2 Å². The average Bonchev–Trinajstić information content (AvgIpc) is 3.52. The lowest BCUT2D eigenvalue weighted by molar-refractivity contribution is -0.137. The number of imidazole rings is 2. The molecule has 9 nitrogen and oxygen atoms in total. The number of aromatic nitrogens is 6. The first kappa shape index (κ1) is 24.7. The fraction of sp³-hybridized carbons (Fsp3) is 0.115. The Bertz CT molecular complexity index is 1610. The molecular weight excluding hydrogens is 497 g/mol. The molecule has 2 aromatic carbocycles. The number of carbonyl (C=O) groups excluding carboxylic acids is 1. The van der Waals surface area contributed by atoms with Gasteiger partial charge in [0.05, 0.1) is 23.3 Å². The first-order valence-electron chi connectivity index (χ1n) is 11.4. The lowest BCUT2D eigenvalue weighted by atomic mass is 10.1. The molecule has 12 heteroatoms. The Morgan fingerprint density at radius 1 is 0.921 bits per heavy atom. The topological polar surface area (TPSA) is 103 Å². The van der Waals surface area contributed by atoms with Crippen molar-refractivity contribution < 1.29 is 18.0 Å². The quantitative estimate of drug-likeness (QED) is 0.309. The van der Waals surface area contributed by atoms with Crippen LogP contribution < -0.4 is 10.6 Å². The van der Waals surface area contributed by atoms with Crippen LogP contribution in [0, 0.1) is 13.8 Å². The Balaban J connectivity index is 1.31. The molecule has 0 aliphatic carbocycles. The number of alkyl halides is 3. The molecule has 0 unspecified atom stereocenters. The van der Waals surface area contributed by atoms with Gasteiger partial charge in [0.2, 0.25) is 5.95 Å². The molecule has 0 aliphatic heterocycles. The molecule has 0 radical (unpaired) electrons. The lowest BCUT2D eigenvalue weighted by Crippen LogP contribution is -2.14. The van der Waals surface area contributed by atoms with Crippen LogP contribution in [0.15, 0.2) is 79.6 Å². The van der Waals surface area contributed by atoms with E-state index in [4.69, 9.17) is 0 Å². The van der Waals surface area contributed by atoms with E-state index in [9.17, 15) is 18.0 Å². The van der Waals surface area contributed by atoms with Crippen molar-refractivity contribution in [1.82, 2.24) is 29.1 Å². The Hall–Kier alpha value is -5.00. The molecule has 0 aliphatic rings. The van der Waals surface area contributed by atoms with Crippen molar-refractivity contribution in [2.75, 3.05) is 10.6 Å². The smallest absolute Gasteiger partial charge is 0.324 e. The monoisotopic (exact) mass is 518 g/mol.